The Labute approximate surface area is 113 Å². The van der Waals surface area contributed by atoms with Crippen LogP contribution in [0.25, 0.3) is 11.0 Å². The third-order valence-corrected chi connectivity index (χ3v) is 3.00. The maximum Gasteiger partial charge on any atom is 0.323 e. The summed E-state index contributed by atoms with van der Waals surface area (Å²) in [5.74, 6) is -0.180. The molecule has 3 N–H and O–H groups in total. The molecular formula is C13H13N5O2. The van der Waals surface area contributed by atoms with Crippen LogP contribution in [0.3, 0.4) is 0 Å². The minimum atomic E-state index is -0.239. The number of fused-ring (bicyclic) bond motifs is 1. The van der Waals surface area contributed by atoms with Crippen LogP contribution in [-0.4, -0.2) is 25.7 Å². The number of aromatic nitrogens is 4. The van der Waals surface area contributed by atoms with Crippen molar-refractivity contribution in [3.8, 4) is 0 Å². The molecule has 0 bridgehead atoms. The molecule has 3 rings (SSSR count). The standard InChI is InChI=1S/C13H13N5O2/c1-18-7-9(6-15-18)12(19)14-5-8-2-3-10-11(4-8)17-13(20)16-10/h2-4,6-7H,5H2,1H3,(H,14,19)(H2,16,17,20). The largest absolute Gasteiger partial charge is 0.348 e. The Morgan fingerprint density at radius 1 is 1.35 bits per heavy atom. The van der Waals surface area contributed by atoms with Crippen molar-refractivity contribution in [2.24, 2.45) is 7.05 Å². The normalized spacial score (nSPS) is 10.8. The van der Waals surface area contributed by atoms with E-state index in [0.717, 1.165) is 16.6 Å². The predicted octanol–water partition coefficient (Wildman–Crippen LogP) is 0.520. The van der Waals surface area contributed by atoms with Gasteiger partial charge in [-0.1, -0.05) is 6.07 Å². The lowest BCUT2D eigenvalue weighted by Gasteiger charge is -2.03. The van der Waals surface area contributed by atoms with Gasteiger partial charge in [-0.2, -0.15) is 5.10 Å². The lowest BCUT2D eigenvalue weighted by molar-refractivity contribution is 0.0951. The number of amides is 1. The van der Waals surface area contributed by atoms with Crippen molar-refractivity contribution in [3.05, 3.63) is 52.2 Å². The van der Waals surface area contributed by atoms with Gasteiger partial charge in [-0.25, -0.2) is 4.79 Å². The van der Waals surface area contributed by atoms with Crippen molar-refractivity contribution in [1.29, 1.82) is 0 Å². The highest BCUT2D eigenvalue weighted by molar-refractivity contribution is 5.93. The van der Waals surface area contributed by atoms with Crippen molar-refractivity contribution in [1.82, 2.24) is 25.1 Å². The number of hydrogen-bond donors (Lipinski definition) is 3. The van der Waals surface area contributed by atoms with Crippen LogP contribution in [-0.2, 0) is 13.6 Å². The number of nitrogens with one attached hydrogen (secondary N) is 3. The molecule has 0 spiro atoms. The number of benzene rings is 1. The van der Waals surface area contributed by atoms with Gasteiger partial charge in [-0.05, 0) is 17.7 Å². The van der Waals surface area contributed by atoms with Crippen molar-refractivity contribution >= 4 is 16.9 Å². The summed E-state index contributed by atoms with van der Waals surface area (Å²) in [4.78, 5) is 28.4. The minimum Gasteiger partial charge on any atom is -0.348 e. The molecule has 0 unspecified atom stereocenters. The number of imidazole rings is 1. The average Bonchev–Trinajstić information content (AvgIpc) is 3.00. The topological polar surface area (TPSA) is 95.6 Å². The van der Waals surface area contributed by atoms with Gasteiger partial charge < -0.3 is 15.3 Å². The Kier molecular flexibility index (Phi) is 2.86. The monoisotopic (exact) mass is 271 g/mol. The predicted molar refractivity (Wildman–Crippen MR) is 73.3 cm³/mol. The number of aryl methyl sites for hydroxylation is 1. The van der Waals surface area contributed by atoms with Crippen LogP contribution < -0.4 is 11.0 Å². The van der Waals surface area contributed by atoms with E-state index in [-0.39, 0.29) is 11.6 Å². The van der Waals surface area contributed by atoms with Gasteiger partial charge >= 0.3 is 5.69 Å². The Hall–Kier alpha value is -2.83. The van der Waals surface area contributed by atoms with Gasteiger partial charge in [0.05, 0.1) is 22.8 Å². The minimum absolute atomic E-state index is 0.180. The maximum absolute atomic E-state index is 11.9. The quantitative estimate of drug-likeness (QED) is 0.648. The molecule has 0 atom stereocenters. The highest BCUT2D eigenvalue weighted by Crippen LogP contribution is 2.10. The molecule has 20 heavy (non-hydrogen) atoms. The first-order valence-electron chi connectivity index (χ1n) is 6.09. The van der Waals surface area contributed by atoms with E-state index < -0.39 is 0 Å². The summed E-state index contributed by atoms with van der Waals surface area (Å²) in [5, 5.41) is 6.75. The van der Waals surface area contributed by atoms with E-state index in [0.29, 0.717) is 12.1 Å². The summed E-state index contributed by atoms with van der Waals surface area (Å²) in [6, 6.07) is 5.49. The van der Waals surface area contributed by atoms with Gasteiger partial charge in [0, 0.05) is 19.8 Å². The van der Waals surface area contributed by atoms with Gasteiger partial charge in [0.1, 0.15) is 0 Å². The molecule has 0 aliphatic carbocycles. The number of carbonyl (C=O) groups excluding carboxylic acids is 1. The number of carbonyl (C=O) groups is 1. The van der Waals surface area contributed by atoms with Crippen LogP contribution in [0.4, 0.5) is 0 Å². The van der Waals surface area contributed by atoms with Crippen LogP contribution in [0, 0.1) is 0 Å². The van der Waals surface area contributed by atoms with Gasteiger partial charge in [-0.15, -0.1) is 0 Å². The van der Waals surface area contributed by atoms with E-state index in [1.165, 1.54) is 6.20 Å². The van der Waals surface area contributed by atoms with E-state index in [2.05, 4.69) is 20.4 Å². The Morgan fingerprint density at radius 3 is 2.90 bits per heavy atom. The smallest absolute Gasteiger partial charge is 0.323 e. The third kappa shape index (κ3) is 2.33. The Morgan fingerprint density at radius 2 is 2.15 bits per heavy atom. The summed E-state index contributed by atoms with van der Waals surface area (Å²) >= 11 is 0. The summed E-state index contributed by atoms with van der Waals surface area (Å²) in [7, 11) is 1.76. The zero-order chi connectivity index (χ0) is 14.1. The molecule has 1 amide bonds. The fraction of sp³-hybridized carbons (Fsp3) is 0.154. The lowest BCUT2D eigenvalue weighted by Crippen LogP contribution is -2.22. The highest BCUT2D eigenvalue weighted by Gasteiger charge is 2.07. The first-order chi connectivity index (χ1) is 9.61. The lowest BCUT2D eigenvalue weighted by atomic mass is 10.2. The van der Waals surface area contributed by atoms with Gasteiger partial charge in [-0.3, -0.25) is 9.48 Å². The fourth-order valence-electron chi connectivity index (χ4n) is 2.01. The molecule has 7 nitrogen and oxygen atoms in total. The molecule has 0 aliphatic rings. The SMILES string of the molecule is Cn1cc(C(=O)NCc2ccc3[nH]c(=O)[nH]c3c2)cn1. The molecule has 102 valence electrons. The van der Waals surface area contributed by atoms with Crippen LogP contribution in [0.1, 0.15) is 15.9 Å². The van der Waals surface area contributed by atoms with Crippen molar-refractivity contribution in [2.45, 2.75) is 6.54 Å². The molecule has 2 heterocycles. The second-order valence-electron chi connectivity index (χ2n) is 4.54. The molecule has 3 aromatic rings. The molecule has 2 aromatic heterocycles. The van der Waals surface area contributed by atoms with Crippen molar-refractivity contribution in [2.75, 3.05) is 0 Å². The fourth-order valence-corrected chi connectivity index (χ4v) is 2.01. The summed E-state index contributed by atoms with van der Waals surface area (Å²) in [6.07, 6.45) is 3.17. The van der Waals surface area contributed by atoms with E-state index in [4.69, 9.17) is 0 Å². The van der Waals surface area contributed by atoms with Crippen LogP contribution in [0.5, 0.6) is 0 Å². The van der Waals surface area contributed by atoms with Crippen molar-refractivity contribution < 1.29 is 4.79 Å². The molecule has 0 saturated carbocycles. The van der Waals surface area contributed by atoms with Crippen molar-refractivity contribution in [3.63, 3.8) is 0 Å². The molecule has 7 heteroatoms. The van der Waals surface area contributed by atoms with E-state index in [1.807, 2.05) is 12.1 Å². The zero-order valence-electron chi connectivity index (χ0n) is 10.8. The second-order valence-corrected chi connectivity index (χ2v) is 4.54. The summed E-state index contributed by atoms with van der Waals surface area (Å²) in [6.45, 7) is 0.386. The Bertz CT molecular complexity index is 827. The number of nitrogens with zero attached hydrogens (tertiary/aromatic N) is 2. The highest BCUT2D eigenvalue weighted by atomic mass is 16.2. The maximum atomic E-state index is 11.9. The molecule has 0 fully saturated rings. The first kappa shape index (κ1) is 12.2. The van der Waals surface area contributed by atoms with E-state index in [1.54, 1.807) is 24.0 Å². The summed E-state index contributed by atoms with van der Waals surface area (Å²) in [5.41, 5.74) is 2.66. The van der Waals surface area contributed by atoms with Gasteiger partial charge in [0.25, 0.3) is 5.91 Å². The number of rotatable bonds is 3. The van der Waals surface area contributed by atoms with E-state index in [9.17, 15) is 9.59 Å². The molecule has 0 saturated heterocycles. The molecule has 0 aliphatic heterocycles. The van der Waals surface area contributed by atoms with Crippen LogP contribution in [0.2, 0.25) is 0 Å². The van der Waals surface area contributed by atoms with Gasteiger partial charge in [0.2, 0.25) is 0 Å². The number of H-pyrrole nitrogens is 2. The first-order valence-corrected chi connectivity index (χ1v) is 6.09. The second kappa shape index (κ2) is 4.69. The number of aromatic amines is 2. The average molecular weight is 271 g/mol. The molecule has 0 radical (unpaired) electrons. The van der Waals surface area contributed by atoms with Crippen LogP contribution >= 0.6 is 0 Å². The Balaban J connectivity index is 1.73. The van der Waals surface area contributed by atoms with Gasteiger partial charge in [0.15, 0.2) is 0 Å². The molecule has 1 aromatic carbocycles. The molecular weight excluding hydrogens is 258 g/mol. The summed E-state index contributed by atoms with van der Waals surface area (Å²) < 4.78 is 1.57. The number of hydrogen-bond acceptors (Lipinski definition) is 3. The van der Waals surface area contributed by atoms with Crippen LogP contribution in [0.15, 0.2) is 35.4 Å². The van der Waals surface area contributed by atoms with E-state index >= 15 is 0 Å². The third-order valence-electron chi connectivity index (χ3n) is 3.00. The zero-order valence-corrected chi connectivity index (χ0v) is 10.8.